The zero-order valence-corrected chi connectivity index (χ0v) is 12.1. The summed E-state index contributed by atoms with van der Waals surface area (Å²) in [5.41, 5.74) is 0.701. The molecule has 2 aromatic rings. The molecular weight excluding hydrogens is 273 g/mol. The molecule has 0 saturated carbocycles. The Balaban J connectivity index is 2.22. The molecule has 0 spiro atoms. The molecule has 1 aromatic carbocycles. The minimum Gasteiger partial charge on any atom is -0.464 e. The van der Waals surface area contributed by atoms with E-state index in [1.807, 2.05) is 6.92 Å². The van der Waals surface area contributed by atoms with E-state index in [9.17, 15) is 9.18 Å². The Hall–Kier alpha value is -2.50. The maximum atomic E-state index is 13.8. The van der Waals surface area contributed by atoms with Gasteiger partial charge >= 0.3 is 5.97 Å². The number of carbonyl (C=O) groups is 1. The Labute approximate surface area is 122 Å². The number of hydrogen-bond donors (Lipinski definition) is 0. The van der Waals surface area contributed by atoms with Crippen LogP contribution in [0.5, 0.6) is 0 Å². The molecule has 1 heterocycles. The van der Waals surface area contributed by atoms with Gasteiger partial charge in [-0.3, -0.25) is 0 Å². The number of benzene rings is 1. The van der Waals surface area contributed by atoms with Gasteiger partial charge in [-0.15, -0.1) is 0 Å². The minimum atomic E-state index is -0.543. The third kappa shape index (κ3) is 3.16. The lowest BCUT2D eigenvalue weighted by Gasteiger charge is -2.26. The molecule has 0 aliphatic heterocycles. The number of aromatic nitrogens is 2. The maximum Gasteiger partial charge on any atom is 0.358 e. The van der Waals surface area contributed by atoms with Crippen LogP contribution in [0.2, 0.25) is 0 Å². The van der Waals surface area contributed by atoms with Crippen molar-refractivity contribution in [3.8, 4) is 0 Å². The molecule has 0 aliphatic carbocycles. The van der Waals surface area contributed by atoms with Crippen LogP contribution in [-0.4, -0.2) is 30.1 Å². The molecule has 21 heavy (non-hydrogen) atoms. The van der Waals surface area contributed by atoms with E-state index in [-0.39, 0.29) is 17.6 Å². The Morgan fingerprint density at radius 2 is 2.00 bits per heavy atom. The van der Waals surface area contributed by atoms with Gasteiger partial charge in [0.05, 0.1) is 25.5 Å². The van der Waals surface area contributed by atoms with Gasteiger partial charge in [-0.1, -0.05) is 18.2 Å². The number of esters is 1. The standard InChI is InChI=1S/C15H16FN3O2/c1-10(11-6-4-5-7-12(11)16)19(2)14-9-17-13(8-18-14)15(20)21-3/h4-10H,1-3H3. The Kier molecular flexibility index (Phi) is 4.47. The smallest absolute Gasteiger partial charge is 0.358 e. The Morgan fingerprint density at radius 1 is 1.29 bits per heavy atom. The molecule has 0 N–H and O–H groups in total. The van der Waals surface area contributed by atoms with Crippen LogP contribution in [-0.2, 0) is 4.74 Å². The van der Waals surface area contributed by atoms with Crippen LogP contribution in [0.25, 0.3) is 0 Å². The Morgan fingerprint density at radius 3 is 2.57 bits per heavy atom. The van der Waals surface area contributed by atoms with E-state index in [1.165, 1.54) is 25.6 Å². The molecule has 0 bridgehead atoms. The lowest BCUT2D eigenvalue weighted by molar-refractivity contribution is 0.0593. The van der Waals surface area contributed by atoms with Gasteiger partial charge in [0.2, 0.25) is 0 Å². The lowest BCUT2D eigenvalue weighted by atomic mass is 10.1. The highest BCUT2D eigenvalue weighted by Crippen LogP contribution is 2.25. The van der Waals surface area contributed by atoms with Crippen molar-refractivity contribution in [2.75, 3.05) is 19.1 Å². The molecule has 110 valence electrons. The first-order chi connectivity index (χ1) is 10.0. The van der Waals surface area contributed by atoms with Gasteiger partial charge in [0.25, 0.3) is 0 Å². The SMILES string of the molecule is COC(=O)c1cnc(N(C)C(C)c2ccccc2F)cn1. The first kappa shape index (κ1) is 14.9. The monoisotopic (exact) mass is 289 g/mol. The summed E-state index contributed by atoms with van der Waals surface area (Å²) < 4.78 is 18.4. The van der Waals surface area contributed by atoms with Crippen LogP contribution in [0.15, 0.2) is 36.7 Å². The topological polar surface area (TPSA) is 55.3 Å². The largest absolute Gasteiger partial charge is 0.464 e. The van der Waals surface area contributed by atoms with Crippen molar-refractivity contribution < 1.29 is 13.9 Å². The highest BCUT2D eigenvalue weighted by atomic mass is 19.1. The van der Waals surface area contributed by atoms with E-state index in [4.69, 9.17) is 0 Å². The second-order valence-electron chi connectivity index (χ2n) is 4.56. The number of hydrogen-bond acceptors (Lipinski definition) is 5. The summed E-state index contributed by atoms with van der Waals surface area (Å²) in [5.74, 6) is -0.270. The molecule has 1 unspecified atom stereocenters. The van der Waals surface area contributed by atoms with Crippen molar-refractivity contribution in [2.24, 2.45) is 0 Å². The highest BCUT2D eigenvalue weighted by Gasteiger charge is 2.17. The summed E-state index contributed by atoms with van der Waals surface area (Å²) in [6.07, 6.45) is 2.80. The zero-order chi connectivity index (χ0) is 15.4. The predicted molar refractivity (Wildman–Crippen MR) is 76.6 cm³/mol. The number of anilines is 1. The van der Waals surface area contributed by atoms with Crippen molar-refractivity contribution in [1.82, 2.24) is 9.97 Å². The third-order valence-electron chi connectivity index (χ3n) is 3.33. The number of carbonyl (C=O) groups excluding carboxylic acids is 1. The molecule has 0 amide bonds. The van der Waals surface area contributed by atoms with Crippen LogP contribution < -0.4 is 4.90 Å². The Bertz CT molecular complexity index is 631. The first-order valence-corrected chi connectivity index (χ1v) is 6.42. The molecule has 2 rings (SSSR count). The molecule has 0 radical (unpaired) electrons. The van der Waals surface area contributed by atoms with Crippen molar-refractivity contribution >= 4 is 11.8 Å². The fourth-order valence-electron chi connectivity index (χ4n) is 1.93. The zero-order valence-electron chi connectivity index (χ0n) is 12.1. The van der Waals surface area contributed by atoms with Crippen LogP contribution in [0.4, 0.5) is 10.2 Å². The number of rotatable bonds is 4. The molecule has 6 heteroatoms. The average Bonchev–Trinajstić information content (AvgIpc) is 2.53. The van der Waals surface area contributed by atoms with Gasteiger partial charge in [-0.2, -0.15) is 0 Å². The number of methoxy groups -OCH3 is 1. The van der Waals surface area contributed by atoms with Gasteiger partial charge in [0.15, 0.2) is 5.69 Å². The summed E-state index contributed by atoms with van der Waals surface area (Å²) in [6, 6.07) is 6.37. The van der Waals surface area contributed by atoms with Crippen molar-refractivity contribution in [1.29, 1.82) is 0 Å². The van der Waals surface area contributed by atoms with Crippen LogP contribution in [0, 0.1) is 5.82 Å². The van der Waals surface area contributed by atoms with Crippen LogP contribution >= 0.6 is 0 Å². The molecule has 0 fully saturated rings. The van der Waals surface area contributed by atoms with Crippen LogP contribution in [0.1, 0.15) is 29.0 Å². The second kappa shape index (κ2) is 6.30. The van der Waals surface area contributed by atoms with E-state index in [0.29, 0.717) is 11.4 Å². The average molecular weight is 289 g/mol. The number of ether oxygens (including phenoxy) is 1. The third-order valence-corrected chi connectivity index (χ3v) is 3.33. The highest BCUT2D eigenvalue weighted by molar-refractivity contribution is 5.86. The fourth-order valence-corrected chi connectivity index (χ4v) is 1.93. The van der Waals surface area contributed by atoms with Crippen molar-refractivity contribution in [2.45, 2.75) is 13.0 Å². The molecule has 5 nitrogen and oxygen atoms in total. The summed E-state index contributed by atoms with van der Waals surface area (Å²) >= 11 is 0. The maximum absolute atomic E-state index is 13.8. The molecule has 1 atom stereocenters. The van der Waals surface area contributed by atoms with Gasteiger partial charge in [0, 0.05) is 12.6 Å². The summed E-state index contributed by atoms with van der Waals surface area (Å²) in [7, 11) is 3.07. The van der Waals surface area contributed by atoms with E-state index in [0.717, 1.165) is 0 Å². The summed E-state index contributed by atoms with van der Waals surface area (Å²) in [6.45, 7) is 1.87. The van der Waals surface area contributed by atoms with Crippen LogP contribution in [0.3, 0.4) is 0 Å². The van der Waals surface area contributed by atoms with Gasteiger partial charge in [0.1, 0.15) is 11.6 Å². The van der Waals surface area contributed by atoms with Gasteiger partial charge < -0.3 is 9.64 Å². The molecule has 0 saturated heterocycles. The molecule has 1 aromatic heterocycles. The molecular formula is C15H16FN3O2. The van der Waals surface area contributed by atoms with Gasteiger partial charge in [-0.05, 0) is 13.0 Å². The molecule has 0 aliphatic rings. The predicted octanol–water partition coefficient (Wildman–Crippen LogP) is 2.60. The fraction of sp³-hybridized carbons (Fsp3) is 0.267. The van der Waals surface area contributed by atoms with Gasteiger partial charge in [-0.25, -0.2) is 19.2 Å². The van der Waals surface area contributed by atoms with Crippen molar-refractivity contribution in [3.63, 3.8) is 0 Å². The number of halogens is 1. The number of nitrogens with zero attached hydrogens (tertiary/aromatic N) is 3. The summed E-state index contributed by atoms with van der Waals surface area (Å²) in [4.78, 5) is 21.3. The van der Waals surface area contributed by atoms with Crippen molar-refractivity contribution in [3.05, 3.63) is 53.7 Å². The quantitative estimate of drug-likeness (QED) is 0.810. The van der Waals surface area contributed by atoms with E-state index in [2.05, 4.69) is 14.7 Å². The van der Waals surface area contributed by atoms with E-state index < -0.39 is 5.97 Å². The first-order valence-electron chi connectivity index (χ1n) is 6.42. The second-order valence-corrected chi connectivity index (χ2v) is 4.56. The summed E-state index contributed by atoms with van der Waals surface area (Å²) in [5, 5.41) is 0. The minimum absolute atomic E-state index is 0.133. The normalized spacial score (nSPS) is 11.8. The van der Waals surface area contributed by atoms with E-state index in [1.54, 1.807) is 30.1 Å². The van der Waals surface area contributed by atoms with E-state index >= 15 is 0 Å². The lowest BCUT2D eigenvalue weighted by Crippen LogP contribution is -2.24.